The molecule has 0 saturated heterocycles. The van der Waals surface area contributed by atoms with Crippen molar-refractivity contribution in [3.8, 4) is 11.5 Å². The molecule has 0 radical (unpaired) electrons. The Kier molecular flexibility index (Phi) is 5.71. The van der Waals surface area contributed by atoms with E-state index in [-0.39, 0.29) is 12.1 Å². The third kappa shape index (κ3) is 5.46. The van der Waals surface area contributed by atoms with Gasteiger partial charge in [-0.1, -0.05) is 6.07 Å². The fourth-order valence-corrected chi connectivity index (χ4v) is 2.51. The maximum absolute atomic E-state index is 12.9. The molecule has 2 rings (SSSR count). The standard InChI is InChI=1S/C15H8F9NO3S/c16-13(17,18)8-2-1-3-10(6-8)28-12-7-9(14(19,20)21)4-5-11(12)25-29(26,27)15(22,23)24/h1-7,25H. The molecule has 0 aromatic heterocycles. The SMILES string of the molecule is O=S(=O)(Nc1ccc(C(F)(F)F)cc1Oc1cccc(C(F)(F)F)c1)C(F)(F)F. The highest BCUT2D eigenvalue weighted by molar-refractivity contribution is 7.93. The van der Waals surface area contributed by atoms with E-state index >= 15 is 0 Å². The van der Waals surface area contributed by atoms with Crippen LogP contribution >= 0.6 is 0 Å². The van der Waals surface area contributed by atoms with Gasteiger partial charge in [0.25, 0.3) is 0 Å². The average molecular weight is 453 g/mol. The van der Waals surface area contributed by atoms with Crippen molar-refractivity contribution in [1.29, 1.82) is 0 Å². The van der Waals surface area contributed by atoms with Gasteiger partial charge in [0.15, 0.2) is 5.75 Å². The number of hydrogen-bond acceptors (Lipinski definition) is 3. The Morgan fingerprint density at radius 1 is 0.759 bits per heavy atom. The molecule has 0 aliphatic heterocycles. The zero-order chi connectivity index (χ0) is 22.3. The molecule has 0 heterocycles. The third-order valence-electron chi connectivity index (χ3n) is 3.25. The summed E-state index contributed by atoms with van der Waals surface area (Å²) in [6.45, 7) is 0. The quantitative estimate of drug-likeness (QED) is 0.598. The zero-order valence-corrected chi connectivity index (χ0v) is 14.4. The van der Waals surface area contributed by atoms with Crippen molar-refractivity contribution < 1.29 is 52.7 Å². The van der Waals surface area contributed by atoms with Crippen molar-refractivity contribution in [2.24, 2.45) is 0 Å². The van der Waals surface area contributed by atoms with Crippen LogP contribution in [0.1, 0.15) is 11.1 Å². The average Bonchev–Trinajstić information content (AvgIpc) is 2.53. The highest BCUT2D eigenvalue weighted by Crippen LogP contribution is 2.40. The van der Waals surface area contributed by atoms with Gasteiger partial charge in [0.05, 0.1) is 16.8 Å². The molecule has 0 aliphatic rings. The number of hydrogen-bond donors (Lipinski definition) is 1. The summed E-state index contributed by atoms with van der Waals surface area (Å²) in [7, 11) is -6.04. The summed E-state index contributed by atoms with van der Waals surface area (Å²) in [6.07, 6.45) is -9.83. The van der Waals surface area contributed by atoms with Crippen LogP contribution in [0.2, 0.25) is 0 Å². The monoisotopic (exact) mass is 453 g/mol. The number of halogens is 9. The van der Waals surface area contributed by atoms with E-state index in [1.165, 1.54) is 0 Å². The molecule has 0 saturated carbocycles. The lowest BCUT2D eigenvalue weighted by Gasteiger charge is -2.17. The van der Waals surface area contributed by atoms with Crippen LogP contribution in [0, 0.1) is 0 Å². The van der Waals surface area contributed by atoms with Crippen molar-refractivity contribution in [3.05, 3.63) is 53.6 Å². The predicted molar refractivity (Wildman–Crippen MR) is 81.6 cm³/mol. The first-order chi connectivity index (χ1) is 13.0. The lowest BCUT2D eigenvalue weighted by molar-refractivity contribution is -0.138. The molecule has 2 aromatic rings. The Bertz CT molecular complexity index is 995. The molecule has 2 aromatic carbocycles. The molecule has 0 amide bonds. The van der Waals surface area contributed by atoms with Gasteiger partial charge in [-0.25, -0.2) is 0 Å². The van der Waals surface area contributed by atoms with Crippen LogP contribution < -0.4 is 9.46 Å². The molecule has 14 heteroatoms. The van der Waals surface area contributed by atoms with Crippen molar-refractivity contribution in [3.63, 3.8) is 0 Å². The van der Waals surface area contributed by atoms with Crippen LogP contribution in [-0.4, -0.2) is 13.9 Å². The maximum atomic E-state index is 12.9. The van der Waals surface area contributed by atoms with Gasteiger partial charge in [-0.15, -0.1) is 0 Å². The number of alkyl halides is 9. The third-order valence-corrected chi connectivity index (χ3v) is 4.35. The number of ether oxygens (including phenoxy) is 1. The van der Waals surface area contributed by atoms with E-state index in [4.69, 9.17) is 4.74 Å². The first-order valence-electron chi connectivity index (χ1n) is 7.16. The summed E-state index contributed by atoms with van der Waals surface area (Å²) in [4.78, 5) is 0. The van der Waals surface area contributed by atoms with E-state index in [0.717, 1.165) is 16.9 Å². The van der Waals surface area contributed by atoms with E-state index < -0.39 is 56.2 Å². The fraction of sp³-hybridized carbons (Fsp3) is 0.200. The van der Waals surface area contributed by atoms with Gasteiger partial charge < -0.3 is 4.74 Å². The van der Waals surface area contributed by atoms with Gasteiger partial charge in [0.1, 0.15) is 5.75 Å². The summed E-state index contributed by atoms with van der Waals surface area (Å²) in [5.74, 6) is -1.78. The minimum atomic E-state index is -6.04. The van der Waals surface area contributed by atoms with Gasteiger partial charge in [-0.3, -0.25) is 4.72 Å². The van der Waals surface area contributed by atoms with E-state index in [9.17, 15) is 47.9 Å². The highest BCUT2D eigenvalue weighted by atomic mass is 32.2. The summed E-state index contributed by atoms with van der Waals surface area (Å²) < 4.78 is 143. The highest BCUT2D eigenvalue weighted by Gasteiger charge is 2.46. The Morgan fingerprint density at radius 2 is 1.31 bits per heavy atom. The molecule has 4 nitrogen and oxygen atoms in total. The van der Waals surface area contributed by atoms with Crippen LogP contribution in [0.15, 0.2) is 42.5 Å². The number of rotatable bonds is 4. The van der Waals surface area contributed by atoms with Crippen LogP contribution in [0.3, 0.4) is 0 Å². The van der Waals surface area contributed by atoms with Crippen molar-refractivity contribution in [2.45, 2.75) is 17.9 Å². The van der Waals surface area contributed by atoms with Gasteiger partial charge in [-0.05, 0) is 36.4 Å². The summed E-state index contributed by atoms with van der Waals surface area (Å²) in [5, 5.41) is 0. The normalized spacial score (nSPS) is 13.3. The Labute approximate surface area is 156 Å². The largest absolute Gasteiger partial charge is 0.516 e. The van der Waals surface area contributed by atoms with Gasteiger partial charge in [0.2, 0.25) is 0 Å². The number of sulfonamides is 1. The number of nitrogens with one attached hydrogen (secondary N) is 1. The first-order valence-corrected chi connectivity index (χ1v) is 8.64. The van der Waals surface area contributed by atoms with Crippen molar-refractivity contribution in [1.82, 2.24) is 0 Å². The molecule has 0 unspecified atom stereocenters. The molecule has 0 aliphatic carbocycles. The van der Waals surface area contributed by atoms with Crippen LogP contribution in [0.4, 0.5) is 45.2 Å². The van der Waals surface area contributed by atoms with E-state index in [1.807, 2.05) is 0 Å². The summed E-state index contributed by atoms with van der Waals surface area (Å²) >= 11 is 0. The van der Waals surface area contributed by atoms with E-state index in [1.54, 1.807) is 0 Å². The lowest BCUT2D eigenvalue weighted by atomic mass is 10.1. The Morgan fingerprint density at radius 3 is 1.83 bits per heavy atom. The minimum absolute atomic E-state index is 0.147. The lowest BCUT2D eigenvalue weighted by Crippen LogP contribution is -2.30. The van der Waals surface area contributed by atoms with Gasteiger partial charge in [0, 0.05) is 0 Å². The summed E-state index contributed by atoms with van der Waals surface area (Å²) in [5.41, 5.74) is -9.55. The van der Waals surface area contributed by atoms with Crippen LogP contribution in [-0.2, 0) is 22.4 Å². The molecule has 0 fully saturated rings. The summed E-state index contributed by atoms with van der Waals surface area (Å²) in [6, 6.07) is 3.48. The molecule has 160 valence electrons. The topological polar surface area (TPSA) is 55.4 Å². The van der Waals surface area contributed by atoms with Gasteiger partial charge in [-0.2, -0.15) is 47.9 Å². The molecule has 0 spiro atoms. The smallest absolute Gasteiger partial charge is 0.455 e. The molecular formula is C15H8F9NO3S. The molecule has 0 atom stereocenters. The zero-order valence-electron chi connectivity index (χ0n) is 13.6. The molecule has 29 heavy (non-hydrogen) atoms. The molecule has 1 N–H and O–H groups in total. The van der Waals surface area contributed by atoms with Crippen molar-refractivity contribution in [2.75, 3.05) is 4.72 Å². The minimum Gasteiger partial charge on any atom is -0.455 e. The van der Waals surface area contributed by atoms with Gasteiger partial charge >= 0.3 is 27.9 Å². The van der Waals surface area contributed by atoms with E-state index in [2.05, 4.69) is 0 Å². The Balaban J connectivity index is 2.53. The van der Waals surface area contributed by atoms with E-state index in [0.29, 0.717) is 18.2 Å². The molecule has 0 bridgehead atoms. The predicted octanol–water partition coefficient (Wildman–Crippen LogP) is 5.78. The first kappa shape index (κ1) is 22.6. The maximum Gasteiger partial charge on any atom is 0.516 e. The van der Waals surface area contributed by atoms with Crippen LogP contribution in [0.25, 0.3) is 0 Å². The number of anilines is 1. The fourth-order valence-electron chi connectivity index (χ4n) is 1.93. The second-order valence-corrected chi connectivity index (χ2v) is 7.06. The van der Waals surface area contributed by atoms with Crippen molar-refractivity contribution >= 4 is 15.7 Å². The van der Waals surface area contributed by atoms with Crippen LogP contribution in [0.5, 0.6) is 11.5 Å². The second kappa shape index (κ2) is 7.31. The second-order valence-electron chi connectivity index (χ2n) is 5.39. The number of benzene rings is 2. The Hall–Kier alpha value is -2.64. The molecular weight excluding hydrogens is 445 g/mol.